The summed E-state index contributed by atoms with van der Waals surface area (Å²) in [6.45, 7) is 2.80. The number of hydrazone groups is 1. The lowest BCUT2D eigenvalue weighted by Crippen LogP contribution is -2.45. The summed E-state index contributed by atoms with van der Waals surface area (Å²) in [5, 5.41) is 9.22. The molecule has 1 amide bonds. The van der Waals surface area contributed by atoms with Crippen molar-refractivity contribution in [2.75, 3.05) is 16.6 Å². The van der Waals surface area contributed by atoms with Gasteiger partial charge in [0.05, 0.1) is 22.4 Å². The van der Waals surface area contributed by atoms with Gasteiger partial charge in [-0.15, -0.1) is 0 Å². The largest absolute Gasteiger partial charge is 0.286 e. The third-order valence-corrected chi connectivity index (χ3v) is 7.09. The van der Waals surface area contributed by atoms with E-state index in [1.165, 1.54) is 5.56 Å². The first-order valence-electron chi connectivity index (χ1n) is 10.6. The van der Waals surface area contributed by atoms with Gasteiger partial charge in [-0.05, 0) is 70.5 Å². The molecule has 0 saturated heterocycles. The van der Waals surface area contributed by atoms with Crippen LogP contribution in [0.4, 0.5) is 11.4 Å². The summed E-state index contributed by atoms with van der Waals surface area (Å²) in [5.74, 6) is -0.302. The maximum atomic E-state index is 13.4. The Morgan fingerprint density at radius 3 is 2.47 bits per heavy atom. The minimum absolute atomic E-state index is 0.121. The average molecular weight is 557 g/mol. The maximum absolute atomic E-state index is 13.4. The highest BCUT2D eigenvalue weighted by Crippen LogP contribution is 2.41. The fourth-order valence-corrected chi connectivity index (χ4v) is 5.03. The predicted molar refractivity (Wildman–Crippen MR) is 138 cm³/mol. The monoisotopic (exact) mass is 556 g/mol. The van der Waals surface area contributed by atoms with Gasteiger partial charge in [0, 0.05) is 16.0 Å². The van der Waals surface area contributed by atoms with Crippen LogP contribution in [0.5, 0.6) is 0 Å². The van der Waals surface area contributed by atoms with Crippen molar-refractivity contribution in [3.05, 3.63) is 92.5 Å². The summed E-state index contributed by atoms with van der Waals surface area (Å²) in [4.78, 5) is 13.4. The third-order valence-electron chi connectivity index (χ3n) is 6.05. The molecule has 2 unspecified atom stereocenters. The minimum Gasteiger partial charge on any atom is -0.285 e. The molecule has 0 aliphatic carbocycles. The van der Waals surface area contributed by atoms with Crippen molar-refractivity contribution < 1.29 is 4.79 Å². The molecule has 32 heavy (non-hydrogen) atoms. The Morgan fingerprint density at radius 2 is 1.72 bits per heavy atom. The average Bonchev–Trinajstić information content (AvgIpc) is 3.36. The molecular formula is C25H22ClIN4O. The van der Waals surface area contributed by atoms with E-state index < -0.39 is 0 Å². The number of nitrogens with one attached hydrogen (secondary N) is 1. The number of benzene rings is 3. The number of hydrogen-bond donors (Lipinski definition) is 1. The molecule has 2 aliphatic rings. The summed E-state index contributed by atoms with van der Waals surface area (Å²) in [6.07, 6.45) is 0.912. The van der Waals surface area contributed by atoms with Gasteiger partial charge >= 0.3 is 0 Å². The SMILES string of the molecule is CC1C(C(=O)NN2CCc3ccccc32)=NN(c2ccccc2Cl)C1c1ccc(I)cc1. The number of para-hydroxylation sites is 2. The third kappa shape index (κ3) is 3.86. The van der Waals surface area contributed by atoms with E-state index in [0.29, 0.717) is 10.7 Å². The molecule has 0 bridgehead atoms. The van der Waals surface area contributed by atoms with Gasteiger partial charge in [0.2, 0.25) is 0 Å². The van der Waals surface area contributed by atoms with E-state index in [0.717, 1.165) is 33.5 Å². The van der Waals surface area contributed by atoms with Gasteiger partial charge in [0.1, 0.15) is 5.71 Å². The van der Waals surface area contributed by atoms with E-state index in [1.54, 1.807) is 0 Å². The van der Waals surface area contributed by atoms with Crippen LogP contribution in [0.25, 0.3) is 0 Å². The van der Waals surface area contributed by atoms with Crippen molar-refractivity contribution in [1.29, 1.82) is 0 Å². The zero-order valence-electron chi connectivity index (χ0n) is 17.5. The van der Waals surface area contributed by atoms with Crippen molar-refractivity contribution in [2.24, 2.45) is 11.0 Å². The van der Waals surface area contributed by atoms with Gasteiger partial charge in [0.15, 0.2) is 0 Å². The molecule has 5 nitrogen and oxygen atoms in total. The first-order valence-corrected chi connectivity index (χ1v) is 12.0. The fraction of sp³-hybridized carbons (Fsp3) is 0.200. The van der Waals surface area contributed by atoms with Gasteiger partial charge in [-0.3, -0.25) is 20.2 Å². The highest BCUT2D eigenvalue weighted by atomic mass is 127. The molecule has 3 aromatic carbocycles. The molecule has 1 N–H and O–H groups in total. The number of hydrazine groups is 1. The molecule has 3 aromatic rings. The second-order valence-electron chi connectivity index (χ2n) is 8.04. The minimum atomic E-state index is -0.181. The van der Waals surface area contributed by atoms with Crippen molar-refractivity contribution in [3.63, 3.8) is 0 Å². The summed E-state index contributed by atoms with van der Waals surface area (Å²) in [6, 6.07) is 24.0. The lowest BCUT2D eigenvalue weighted by atomic mass is 9.91. The smallest absolute Gasteiger partial charge is 0.285 e. The highest BCUT2D eigenvalue weighted by molar-refractivity contribution is 14.1. The van der Waals surface area contributed by atoms with E-state index in [-0.39, 0.29) is 17.9 Å². The first-order chi connectivity index (χ1) is 15.5. The lowest BCUT2D eigenvalue weighted by molar-refractivity contribution is -0.115. The Labute approximate surface area is 206 Å². The van der Waals surface area contributed by atoms with Crippen molar-refractivity contribution in [3.8, 4) is 0 Å². The molecule has 0 spiro atoms. The second kappa shape index (κ2) is 8.75. The number of halogens is 2. The van der Waals surface area contributed by atoms with Crippen molar-refractivity contribution in [2.45, 2.75) is 19.4 Å². The number of carbonyl (C=O) groups excluding carboxylic acids is 1. The number of anilines is 2. The molecule has 2 aliphatic heterocycles. The van der Waals surface area contributed by atoms with Gasteiger partial charge in [-0.2, -0.15) is 5.10 Å². The molecule has 0 fully saturated rings. The normalized spacial score (nSPS) is 19.7. The summed E-state index contributed by atoms with van der Waals surface area (Å²) < 4.78 is 1.16. The molecule has 0 radical (unpaired) electrons. The van der Waals surface area contributed by atoms with E-state index in [4.69, 9.17) is 16.7 Å². The second-order valence-corrected chi connectivity index (χ2v) is 9.69. The van der Waals surface area contributed by atoms with Gasteiger partial charge in [0.25, 0.3) is 5.91 Å². The fourth-order valence-electron chi connectivity index (χ4n) is 4.45. The Hall–Kier alpha value is -2.58. The molecular weight excluding hydrogens is 535 g/mol. The van der Waals surface area contributed by atoms with Crippen LogP contribution in [-0.4, -0.2) is 18.2 Å². The van der Waals surface area contributed by atoms with Crippen LogP contribution < -0.4 is 15.4 Å². The standard InChI is InChI=1S/C25H22ClIN4O/c1-16-23(25(32)29-30-15-14-17-6-2-4-8-21(17)30)28-31(22-9-5-3-7-20(22)26)24(16)18-10-12-19(27)13-11-18/h2-13,16,24H,14-15H2,1H3,(H,29,32). The van der Waals surface area contributed by atoms with E-state index in [1.807, 2.05) is 52.5 Å². The number of rotatable bonds is 4. The topological polar surface area (TPSA) is 47.9 Å². The van der Waals surface area contributed by atoms with Crippen LogP contribution in [0.2, 0.25) is 5.02 Å². The van der Waals surface area contributed by atoms with Crippen LogP contribution in [0.3, 0.4) is 0 Å². The zero-order valence-corrected chi connectivity index (χ0v) is 20.4. The lowest BCUT2D eigenvalue weighted by Gasteiger charge is -2.27. The summed E-state index contributed by atoms with van der Waals surface area (Å²) >= 11 is 8.83. The molecule has 0 aromatic heterocycles. The molecule has 5 rings (SSSR count). The van der Waals surface area contributed by atoms with Gasteiger partial charge in [-0.1, -0.05) is 61.0 Å². The van der Waals surface area contributed by atoms with Crippen LogP contribution in [-0.2, 0) is 11.2 Å². The van der Waals surface area contributed by atoms with Crippen molar-refractivity contribution in [1.82, 2.24) is 5.43 Å². The summed E-state index contributed by atoms with van der Waals surface area (Å²) in [5.41, 5.74) is 7.75. The Morgan fingerprint density at radius 1 is 1.03 bits per heavy atom. The number of carbonyl (C=O) groups is 1. The molecule has 2 heterocycles. The number of hydrogen-bond acceptors (Lipinski definition) is 4. The molecule has 7 heteroatoms. The Kier molecular flexibility index (Phi) is 5.82. The maximum Gasteiger partial charge on any atom is 0.286 e. The number of fused-ring (bicyclic) bond motifs is 1. The quantitative estimate of drug-likeness (QED) is 0.426. The molecule has 2 atom stereocenters. The Balaban J connectivity index is 1.48. The van der Waals surface area contributed by atoms with Crippen molar-refractivity contribution >= 4 is 57.2 Å². The van der Waals surface area contributed by atoms with E-state index >= 15 is 0 Å². The van der Waals surface area contributed by atoms with Gasteiger partial charge < -0.3 is 0 Å². The Bertz CT molecular complexity index is 1200. The zero-order chi connectivity index (χ0) is 22.2. The van der Waals surface area contributed by atoms with Crippen LogP contribution in [0.15, 0.2) is 77.9 Å². The predicted octanol–water partition coefficient (Wildman–Crippen LogP) is 5.59. The van der Waals surface area contributed by atoms with Crippen LogP contribution in [0.1, 0.15) is 24.1 Å². The van der Waals surface area contributed by atoms with E-state index in [2.05, 4.69) is 65.3 Å². The number of nitrogens with zero attached hydrogens (tertiary/aromatic N) is 3. The number of amides is 1. The first kappa shape index (κ1) is 21.3. The molecule has 162 valence electrons. The van der Waals surface area contributed by atoms with Crippen LogP contribution >= 0.6 is 34.2 Å². The summed E-state index contributed by atoms with van der Waals surface area (Å²) in [7, 11) is 0. The van der Waals surface area contributed by atoms with E-state index in [9.17, 15) is 4.79 Å². The highest BCUT2D eigenvalue weighted by Gasteiger charge is 2.40. The molecule has 0 saturated carbocycles. The van der Waals surface area contributed by atoms with Crippen LogP contribution in [0, 0.1) is 9.49 Å². The van der Waals surface area contributed by atoms with Gasteiger partial charge in [-0.25, -0.2) is 0 Å².